The molecular weight excluding hydrogens is 186 g/mol. The van der Waals surface area contributed by atoms with Gasteiger partial charge in [-0.3, -0.25) is 0 Å². The minimum Gasteiger partial charge on any atom is -0.399 e. The van der Waals surface area contributed by atoms with E-state index in [1.165, 1.54) is 5.56 Å². The third-order valence-corrected chi connectivity index (χ3v) is 2.77. The fourth-order valence-electron chi connectivity index (χ4n) is 1.63. The molecular formula is C12H15N3. The van der Waals surface area contributed by atoms with Gasteiger partial charge in [-0.05, 0) is 44.5 Å². The maximum Gasteiger partial charge on any atom is 0.0669 e. The van der Waals surface area contributed by atoms with Crippen molar-refractivity contribution < 1.29 is 0 Å². The first-order valence-corrected chi connectivity index (χ1v) is 4.98. The lowest BCUT2D eigenvalue weighted by atomic mass is 10.2. The number of aromatic nitrogens is 2. The summed E-state index contributed by atoms with van der Waals surface area (Å²) < 4.78 is 1.93. The third-order valence-electron chi connectivity index (χ3n) is 2.77. The zero-order chi connectivity index (χ0) is 11.0. The van der Waals surface area contributed by atoms with Crippen LogP contribution in [0.15, 0.2) is 24.3 Å². The lowest BCUT2D eigenvalue weighted by Gasteiger charge is -2.05. The van der Waals surface area contributed by atoms with E-state index in [0.717, 1.165) is 22.8 Å². The molecule has 0 radical (unpaired) electrons. The number of benzene rings is 1. The summed E-state index contributed by atoms with van der Waals surface area (Å²) in [7, 11) is 0. The van der Waals surface area contributed by atoms with Crippen LogP contribution in [-0.4, -0.2) is 9.78 Å². The van der Waals surface area contributed by atoms with Crippen molar-refractivity contribution in [3.05, 3.63) is 41.2 Å². The van der Waals surface area contributed by atoms with Crippen molar-refractivity contribution in [3.8, 4) is 5.69 Å². The number of anilines is 1. The van der Waals surface area contributed by atoms with E-state index in [4.69, 9.17) is 5.73 Å². The summed E-state index contributed by atoms with van der Waals surface area (Å²) in [6, 6.07) is 7.76. The maximum absolute atomic E-state index is 5.75. The minimum atomic E-state index is 0.762. The van der Waals surface area contributed by atoms with Crippen molar-refractivity contribution >= 4 is 5.69 Å². The molecule has 0 fully saturated rings. The molecule has 3 heteroatoms. The van der Waals surface area contributed by atoms with Gasteiger partial charge in [-0.2, -0.15) is 5.10 Å². The SMILES string of the molecule is Cc1nn(-c2cccc(N)c2)c(C)c1C. The van der Waals surface area contributed by atoms with Crippen LogP contribution >= 0.6 is 0 Å². The summed E-state index contributed by atoms with van der Waals surface area (Å²) in [6.07, 6.45) is 0. The summed E-state index contributed by atoms with van der Waals surface area (Å²) in [5, 5.41) is 4.48. The van der Waals surface area contributed by atoms with E-state index < -0.39 is 0 Å². The van der Waals surface area contributed by atoms with Crippen molar-refractivity contribution in [2.45, 2.75) is 20.8 Å². The highest BCUT2D eigenvalue weighted by atomic mass is 15.3. The van der Waals surface area contributed by atoms with E-state index >= 15 is 0 Å². The quantitative estimate of drug-likeness (QED) is 0.720. The normalized spacial score (nSPS) is 10.6. The summed E-state index contributed by atoms with van der Waals surface area (Å²) in [4.78, 5) is 0. The Morgan fingerprint density at radius 3 is 2.47 bits per heavy atom. The Morgan fingerprint density at radius 1 is 1.20 bits per heavy atom. The first-order valence-electron chi connectivity index (χ1n) is 4.98. The Kier molecular flexibility index (Phi) is 2.23. The minimum absolute atomic E-state index is 0.762. The zero-order valence-corrected chi connectivity index (χ0v) is 9.28. The van der Waals surface area contributed by atoms with Crippen molar-refractivity contribution in [3.63, 3.8) is 0 Å². The van der Waals surface area contributed by atoms with Gasteiger partial charge in [0.15, 0.2) is 0 Å². The van der Waals surface area contributed by atoms with Gasteiger partial charge in [0.2, 0.25) is 0 Å². The molecule has 2 aromatic rings. The van der Waals surface area contributed by atoms with E-state index in [0.29, 0.717) is 0 Å². The predicted molar refractivity (Wildman–Crippen MR) is 62.2 cm³/mol. The molecule has 0 atom stereocenters. The topological polar surface area (TPSA) is 43.8 Å². The van der Waals surface area contributed by atoms with Crippen LogP contribution in [0.1, 0.15) is 17.0 Å². The fourth-order valence-corrected chi connectivity index (χ4v) is 1.63. The van der Waals surface area contributed by atoms with E-state index in [1.807, 2.05) is 35.9 Å². The van der Waals surface area contributed by atoms with Crippen LogP contribution in [0.25, 0.3) is 5.69 Å². The fraction of sp³-hybridized carbons (Fsp3) is 0.250. The van der Waals surface area contributed by atoms with Crippen LogP contribution in [-0.2, 0) is 0 Å². The van der Waals surface area contributed by atoms with E-state index in [9.17, 15) is 0 Å². The van der Waals surface area contributed by atoms with Crippen LogP contribution in [0.4, 0.5) is 5.69 Å². The van der Waals surface area contributed by atoms with Gasteiger partial charge in [0, 0.05) is 11.4 Å². The molecule has 1 aromatic carbocycles. The first-order chi connectivity index (χ1) is 7.09. The van der Waals surface area contributed by atoms with Gasteiger partial charge in [-0.1, -0.05) is 6.07 Å². The Labute approximate surface area is 89.5 Å². The molecule has 0 bridgehead atoms. The number of hydrogen-bond donors (Lipinski definition) is 1. The molecule has 0 spiro atoms. The molecule has 0 saturated carbocycles. The number of aryl methyl sites for hydroxylation is 1. The molecule has 0 amide bonds. The largest absolute Gasteiger partial charge is 0.399 e. The van der Waals surface area contributed by atoms with Gasteiger partial charge < -0.3 is 5.73 Å². The summed E-state index contributed by atoms with van der Waals surface area (Å²) in [5.74, 6) is 0. The predicted octanol–water partition coefficient (Wildman–Crippen LogP) is 2.38. The molecule has 1 heterocycles. The van der Waals surface area contributed by atoms with E-state index in [-0.39, 0.29) is 0 Å². The second-order valence-electron chi connectivity index (χ2n) is 3.80. The second kappa shape index (κ2) is 3.42. The van der Waals surface area contributed by atoms with E-state index in [2.05, 4.69) is 18.9 Å². The van der Waals surface area contributed by atoms with Crippen molar-refractivity contribution in [1.29, 1.82) is 0 Å². The molecule has 15 heavy (non-hydrogen) atoms. The number of rotatable bonds is 1. The van der Waals surface area contributed by atoms with E-state index in [1.54, 1.807) is 0 Å². The van der Waals surface area contributed by atoms with Gasteiger partial charge in [-0.25, -0.2) is 4.68 Å². The van der Waals surface area contributed by atoms with Crippen molar-refractivity contribution in [2.24, 2.45) is 0 Å². The molecule has 1 aromatic heterocycles. The van der Waals surface area contributed by atoms with Crippen molar-refractivity contribution in [2.75, 3.05) is 5.73 Å². The second-order valence-corrected chi connectivity index (χ2v) is 3.80. The number of nitrogens with zero attached hydrogens (tertiary/aromatic N) is 2. The Morgan fingerprint density at radius 2 is 1.93 bits per heavy atom. The average molecular weight is 201 g/mol. The van der Waals surface area contributed by atoms with Gasteiger partial charge in [0.25, 0.3) is 0 Å². The lowest BCUT2D eigenvalue weighted by molar-refractivity contribution is 0.833. The Hall–Kier alpha value is -1.77. The molecule has 0 aliphatic carbocycles. The highest BCUT2D eigenvalue weighted by Crippen LogP contribution is 2.18. The molecule has 0 aliphatic heterocycles. The first kappa shape index (κ1) is 9.77. The highest BCUT2D eigenvalue weighted by molar-refractivity contribution is 5.48. The van der Waals surface area contributed by atoms with Crippen LogP contribution in [0.3, 0.4) is 0 Å². The third kappa shape index (κ3) is 1.61. The summed E-state index contributed by atoms with van der Waals surface area (Å²) in [6.45, 7) is 6.17. The van der Waals surface area contributed by atoms with Crippen LogP contribution in [0.2, 0.25) is 0 Å². The Bertz CT molecular complexity index is 498. The molecule has 0 saturated heterocycles. The summed E-state index contributed by atoms with van der Waals surface area (Å²) >= 11 is 0. The van der Waals surface area contributed by atoms with Gasteiger partial charge >= 0.3 is 0 Å². The Balaban J connectivity index is 2.59. The van der Waals surface area contributed by atoms with Gasteiger partial charge in [-0.15, -0.1) is 0 Å². The maximum atomic E-state index is 5.75. The number of nitrogens with two attached hydrogens (primary N) is 1. The molecule has 2 N–H and O–H groups in total. The number of nitrogen functional groups attached to an aromatic ring is 1. The molecule has 78 valence electrons. The standard InChI is InChI=1S/C12H15N3/c1-8-9(2)14-15(10(8)3)12-6-4-5-11(13)7-12/h4-7H,13H2,1-3H3. The smallest absolute Gasteiger partial charge is 0.0669 e. The van der Waals surface area contributed by atoms with Crippen LogP contribution in [0.5, 0.6) is 0 Å². The molecule has 3 nitrogen and oxygen atoms in total. The van der Waals surface area contributed by atoms with Crippen LogP contribution < -0.4 is 5.73 Å². The highest BCUT2D eigenvalue weighted by Gasteiger charge is 2.08. The zero-order valence-electron chi connectivity index (χ0n) is 9.28. The van der Waals surface area contributed by atoms with Gasteiger partial charge in [0.05, 0.1) is 11.4 Å². The van der Waals surface area contributed by atoms with Crippen LogP contribution in [0, 0.1) is 20.8 Å². The van der Waals surface area contributed by atoms with Gasteiger partial charge in [0.1, 0.15) is 0 Å². The average Bonchev–Trinajstić information content (AvgIpc) is 2.46. The molecule has 2 rings (SSSR count). The number of hydrogen-bond acceptors (Lipinski definition) is 2. The van der Waals surface area contributed by atoms with Crippen molar-refractivity contribution in [1.82, 2.24) is 9.78 Å². The summed E-state index contributed by atoms with van der Waals surface area (Å²) in [5.41, 5.74) is 11.0. The lowest BCUT2D eigenvalue weighted by Crippen LogP contribution is -1.99. The molecule has 0 aliphatic rings. The monoisotopic (exact) mass is 201 g/mol. The molecule has 0 unspecified atom stereocenters.